The van der Waals surface area contributed by atoms with Crippen molar-refractivity contribution < 1.29 is 19.4 Å². The van der Waals surface area contributed by atoms with Crippen LogP contribution in [0.15, 0.2) is 24.3 Å². The van der Waals surface area contributed by atoms with Gasteiger partial charge in [0.1, 0.15) is 5.75 Å². The quantitative estimate of drug-likeness (QED) is 0.749. The van der Waals surface area contributed by atoms with Crippen molar-refractivity contribution in [1.82, 2.24) is 5.73 Å². The molecule has 0 heterocycles. The third kappa shape index (κ3) is 6.45. The van der Waals surface area contributed by atoms with Crippen LogP contribution in [-0.4, -0.2) is 29.5 Å². The van der Waals surface area contributed by atoms with Crippen LogP contribution >= 0.6 is 0 Å². The van der Waals surface area contributed by atoms with E-state index in [2.05, 4.69) is 0 Å². The minimum absolute atomic E-state index is 0.239. The average Bonchev–Trinajstić information content (AvgIpc) is 2.40. The highest BCUT2D eigenvalue weighted by atomic mass is 16.6. The largest absolute Gasteiger partial charge is 0.494 e. The monoisotopic (exact) mass is 308 g/mol. The number of aliphatic hydroxyl groups is 1. The molecule has 0 spiro atoms. The lowest BCUT2D eigenvalue weighted by atomic mass is 9.97. The number of carbonyl (C=O) groups excluding carboxylic acids is 1. The highest BCUT2D eigenvalue weighted by Crippen LogP contribution is 2.21. The predicted octanol–water partition coefficient (Wildman–Crippen LogP) is 2.58. The van der Waals surface area contributed by atoms with E-state index in [0.29, 0.717) is 6.61 Å². The van der Waals surface area contributed by atoms with Gasteiger partial charge in [-0.25, -0.2) is 0 Å². The van der Waals surface area contributed by atoms with Gasteiger partial charge < -0.3 is 14.6 Å². The lowest BCUT2D eigenvalue weighted by Gasteiger charge is -2.28. The Balaban J connectivity index is 2.80. The SMILES string of the molecule is CCCOc1cccc(CC(C([NH])=O)C(O)OC(C)(C)C)c1. The van der Waals surface area contributed by atoms with Gasteiger partial charge in [-0.3, -0.25) is 10.5 Å². The van der Waals surface area contributed by atoms with Gasteiger partial charge in [-0.15, -0.1) is 0 Å². The normalized spacial score (nSPS) is 14.4. The molecule has 5 heteroatoms. The van der Waals surface area contributed by atoms with Gasteiger partial charge in [0.2, 0.25) is 5.91 Å². The second kappa shape index (κ2) is 8.15. The summed E-state index contributed by atoms with van der Waals surface area (Å²) in [6, 6.07) is 7.36. The van der Waals surface area contributed by atoms with Crippen LogP contribution in [0.1, 0.15) is 39.7 Å². The third-order valence-corrected chi connectivity index (χ3v) is 2.98. The highest BCUT2D eigenvalue weighted by molar-refractivity contribution is 5.76. The van der Waals surface area contributed by atoms with Gasteiger partial charge in [0.15, 0.2) is 6.29 Å². The molecule has 0 fully saturated rings. The van der Waals surface area contributed by atoms with Crippen molar-refractivity contribution in [2.45, 2.75) is 52.4 Å². The van der Waals surface area contributed by atoms with Gasteiger partial charge in [0.05, 0.1) is 18.1 Å². The zero-order chi connectivity index (χ0) is 16.8. The summed E-state index contributed by atoms with van der Waals surface area (Å²) in [7, 11) is 0. The van der Waals surface area contributed by atoms with E-state index in [1.165, 1.54) is 0 Å². The van der Waals surface area contributed by atoms with Crippen LogP contribution in [0.3, 0.4) is 0 Å². The van der Waals surface area contributed by atoms with Gasteiger partial charge >= 0.3 is 0 Å². The Kier molecular flexibility index (Phi) is 6.84. The molecule has 0 saturated carbocycles. The lowest BCUT2D eigenvalue weighted by Crippen LogP contribution is -2.38. The van der Waals surface area contributed by atoms with Crippen LogP contribution < -0.4 is 10.5 Å². The summed E-state index contributed by atoms with van der Waals surface area (Å²) < 4.78 is 11.0. The Morgan fingerprint density at radius 2 is 2.05 bits per heavy atom. The summed E-state index contributed by atoms with van der Waals surface area (Å²) in [5.74, 6) is -1.03. The molecule has 0 aliphatic rings. The first kappa shape index (κ1) is 18.5. The Hall–Kier alpha value is -1.59. The van der Waals surface area contributed by atoms with E-state index < -0.39 is 23.7 Å². The Morgan fingerprint density at radius 3 is 2.59 bits per heavy atom. The molecule has 1 radical (unpaired) electrons. The van der Waals surface area contributed by atoms with E-state index in [9.17, 15) is 9.90 Å². The number of carbonyl (C=O) groups is 1. The number of nitrogens with one attached hydrogen (secondary N) is 1. The van der Waals surface area contributed by atoms with Crippen LogP contribution in [0.25, 0.3) is 0 Å². The number of rotatable bonds is 8. The van der Waals surface area contributed by atoms with Crippen LogP contribution in [0.4, 0.5) is 0 Å². The highest BCUT2D eigenvalue weighted by Gasteiger charge is 2.30. The molecular weight excluding hydrogens is 282 g/mol. The number of benzene rings is 1. The van der Waals surface area contributed by atoms with Gasteiger partial charge in [0, 0.05) is 0 Å². The van der Waals surface area contributed by atoms with Crippen molar-refractivity contribution in [3.63, 3.8) is 0 Å². The zero-order valence-electron chi connectivity index (χ0n) is 13.8. The summed E-state index contributed by atoms with van der Waals surface area (Å²) in [6.07, 6.45) is -0.149. The number of hydrogen-bond acceptors (Lipinski definition) is 4. The summed E-state index contributed by atoms with van der Waals surface area (Å²) in [6.45, 7) is 8.03. The molecule has 0 saturated heterocycles. The molecule has 1 rings (SSSR count). The van der Waals surface area contributed by atoms with E-state index in [0.717, 1.165) is 17.7 Å². The lowest BCUT2D eigenvalue weighted by molar-refractivity contribution is -0.193. The first-order valence-electron chi connectivity index (χ1n) is 7.56. The van der Waals surface area contributed by atoms with E-state index in [-0.39, 0.29) is 6.42 Å². The predicted molar refractivity (Wildman–Crippen MR) is 84.4 cm³/mol. The molecule has 5 nitrogen and oxygen atoms in total. The van der Waals surface area contributed by atoms with Crippen molar-refractivity contribution in [2.24, 2.45) is 5.92 Å². The fraction of sp³-hybridized carbons (Fsp3) is 0.588. The molecule has 2 unspecified atom stereocenters. The molecule has 1 amide bonds. The van der Waals surface area contributed by atoms with E-state index in [1.54, 1.807) is 20.8 Å². The summed E-state index contributed by atoms with van der Waals surface area (Å²) in [4.78, 5) is 11.5. The number of amides is 1. The maximum atomic E-state index is 11.5. The topological polar surface area (TPSA) is 79.6 Å². The second-order valence-corrected chi connectivity index (χ2v) is 6.29. The fourth-order valence-corrected chi connectivity index (χ4v) is 2.00. The fourth-order valence-electron chi connectivity index (χ4n) is 2.00. The molecule has 1 aromatic rings. The van der Waals surface area contributed by atoms with E-state index in [4.69, 9.17) is 15.2 Å². The molecule has 0 bridgehead atoms. The molecule has 2 atom stereocenters. The second-order valence-electron chi connectivity index (χ2n) is 6.29. The number of ether oxygens (including phenoxy) is 2. The molecule has 0 aliphatic carbocycles. The van der Waals surface area contributed by atoms with Crippen molar-refractivity contribution in [3.8, 4) is 5.75 Å². The molecule has 0 aliphatic heterocycles. The first-order valence-corrected chi connectivity index (χ1v) is 7.56. The minimum atomic E-state index is -1.30. The average molecular weight is 308 g/mol. The van der Waals surface area contributed by atoms with Crippen molar-refractivity contribution in [2.75, 3.05) is 6.61 Å². The van der Waals surface area contributed by atoms with Crippen molar-refractivity contribution in [1.29, 1.82) is 0 Å². The minimum Gasteiger partial charge on any atom is -0.494 e. The van der Waals surface area contributed by atoms with Gasteiger partial charge in [-0.1, -0.05) is 19.1 Å². The van der Waals surface area contributed by atoms with Crippen LogP contribution in [0.2, 0.25) is 0 Å². The van der Waals surface area contributed by atoms with Gasteiger partial charge in [-0.2, -0.15) is 0 Å². The standard InChI is InChI=1S/C17H26NO4/c1-5-9-21-13-8-6-7-12(10-13)11-14(15(18)19)16(20)22-17(2,3)4/h6-8,10,14,16,18,20H,5,9,11H2,1-4H3. The smallest absolute Gasteiger partial charge is 0.246 e. The van der Waals surface area contributed by atoms with Crippen LogP contribution in [0, 0.1) is 5.92 Å². The van der Waals surface area contributed by atoms with Gasteiger partial charge in [0.25, 0.3) is 0 Å². The molecule has 22 heavy (non-hydrogen) atoms. The van der Waals surface area contributed by atoms with Crippen molar-refractivity contribution >= 4 is 5.91 Å². The van der Waals surface area contributed by atoms with Gasteiger partial charge in [-0.05, 0) is 51.3 Å². The van der Waals surface area contributed by atoms with E-state index >= 15 is 0 Å². The molecule has 123 valence electrons. The summed E-state index contributed by atoms with van der Waals surface area (Å²) >= 11 is 0. The molecule has 2 N–H and O–H groups in total. The third-order valence-electron chi connectivity index (χ3n) is 2.98. The Morgan fingerprint density at radius 1 is 1.36 bits per heavy atom. The number of hydrogen-bond donors (Lipinski definition) is 1. The first-order chi connectivity index (χ1) is 10.2. The van der Waals surface area contributed by atoms with Crippen LogP contribution in [-0.2, 0) is 16.0 Å². The van der Waals surface area contributed by atoms with Crippen molar-refractivity contribution in [3.05, 3.63) is 29.8 Å². The molecule has 1 aromatic carbocycles. The van der Waals surface area contributed by atoms with Crippen LogP contribution in [0.5, 0.6) is 5.75 Å². The maximum absolute atomic E-state index is 11.5. The number of aliphatic hydroxyl groups excluding tert-OH is 1. The maximum Gasteiger partial charge on any atom is 0.246 e. The Labute approximate surface area is 132 Å². The summed E-state index contributed by atoms with van der Waals surface area (Å²) in [5.41, 5.74) is 7.62. The molecular formula is C17H26NO4. The summed E-state index contributed by atoms with van der Waals surface area (Å²) in [5, 5.41) is 10.1. The van der Waals surface area contributed by atoms with E-state index in [1.807, 2.05) is 31.2 Å². The zero-order valence-corrected chi connectivity index (χ0v) is 13.8. The molecule has 0 aromatic heterocycles. The Bertz CT molecular complexity index is 482.